The maximum Gasteiger partial charge on any atom is 0.300 e. The summed E-state index contributed by atoms with van der Waals surface area (Å²) < 4.78 is 34.9. The summed E-state index contributed by atoms with van der Waals surface area (Å²) in [6, 6.07) is 19.3. The maximum absolute atomic E-state index is 11.8. The van der Waals surface area contributed by atoms with Crippen molar-refractivity contribution in [2.24, 2.45) is 0 Å². The molecule has 1 fully saturated rings. The number of oxazole rings is 1. The van der Waals surface area contributed by atoms with E-state index in [1.54, 1.807) is 31.4 Å². The van der Waals surface area contributed by atoms with Crippen LogP contribution in [0.1, 0.15) is 5.56 Å². The van der Waals surface area contributed by atoms with Crippen molar-refractivity contribution in [2.45, 2.75) is 11.8 Å². The number of fused-ring (bicyclic) bond motifs is 1. The van der Waals surface area contributed by atoms with Gasteiger partial charge in [0.1, 0.15) is 5.52 Å². The molecule has 0 bridgehead atoms. The van der Waals surface area contributed by atoms with Gasteiger partial charge in [0.05, 0.1) is 11.5 Å². The van der Waals surface area contributed by atoms with E-state index in [2.05, 4.69) is 45.2 Å². The molecule has 5 rings (SSSR count). The van der Waals surface area contributed by atoms with Crippen molar-refractivity contribution in [1.82, 2.24) is 9.88 Å². The molecule has 2 heterocycles. The lowest BCUT2D eigenvalue weighted by molar-refractivity contribution is 0.144. The molecule has 8 nitrogen and oxygen atoms in total. The Balaban J connectivity index is 1.32. The quantitative estimate of drug-likeness (QED) is 0.357. The minimum atomic E-state index is -3.25. The second-order valence-corrected chi connectivity index (χ2v) is 11.4. The minimum Gasteiger partial charge on any atom is -0.423 e. The van der Waals surface area contributed by atoms with Crippen LogP contribution in [0.15, 0.2) is 70.0 Å². The second-order valence-electron chi connectivity index (χ2n) is 9.42. The van der Waals surface area contributed by atoms with E-state index in [1.165, 1.54) is 17.5 Å². The van der Waals surface area contributed by atoms with Crippen LogP contribution in [0.5, 0.6) is 0 Å². The van der Waals surface area contributed by atoms with E-state index in [1.807, 2.05) is 18.2 Å². The highest BCUT2D eigenvalue weighted by Gasteiger charge is 2.19. The number of aryl methyl sites for hydroxylation is 1. The first-order valence-electron chi connectivity index (χ1n) is 12.4. The van der Waals surface area contributed by atoms with E-state index in [-0.39, 0.29) is 4.90 Å². The van der Waals surface area contributed by atoms with E-state index in [0.717, 1.165) is 61.7 Å². The van der Waals surface area contributed by atoms with Gasteiger partial charge in [0.25, 0.3) is 6.01 Å². The van der Waals surface area contributed by atoms with E-state index >= 15 is 0 Å². The second kappa shape index (κ2) is 10.5. The summed E-state index contributed by atoms with van der Waals surface area (Å²) in [5.74, 6) is 0. The third-order valence-corrected chi connectivity index (χ3v) is 7.91. The predicted octanol–water partition coefficient (Wildman–Crippen LogP) is 4.72. The molecular weight excluding hydrogens is 488 g/mol. The number of para-hydroxylation sites is 1. The van der Waals surface area contributed by atoms with Crippen LogP contribution in [0.2, 0.25) is 0 Å². The van der Waals surface area contributed by atoms with Gasteiger partial charge in [-0.2, -0.15) is 4.98 Å². The number of aromatic nitrogens is 1. The number of sulfone groups is 1. The molecule has 0 unspecified atom stereocenters. The highest BCUT2D eigenvalue weighted by Crippen LogP contribution is 2.33. The van der Waals surface area contributed by atoms with Crippen LogP contribution in [0, 0.1) is 6.92 Å². The number of nitrogens with zero attached hydrogens (tertiary/aromatic N) is 3. The first-order valence-corrected chi connectivity index (χ1v) is 14.2. The van der Waals surface area contributed by atoms with Gasteiger partial charge < -0.3 is 19.4 Å². The number of piperazine rings is 1. The van der Waals surface area contributed by atoms with Crippen LogP contribution < -0.4 is 10.2 Å². The molecule has 0 aliphatic carbocycles. The van der Waals surface area contributed by atoms with Crippen LogP contribution in [-0.2, 0) is 14.6 Å². The summed E-state index contributed by atoms with van der Waals surface area (Å²) in [6.07, 6.45) is 1.20. The molecule has 4 aromatic rings. The highest BCUT2D eigenvalue weighted by atomic mass is 32.2. The highest BCUT2D eigenvalue weighted by molar-refractivity contribution is 7.90. The van der Waals surface area contributed by atoms with Gasteiger partial charge in [0.2, 0.25) is 0 Å². The Kier molecular flexibility index (Phi) is 7.19. The van der Waals surface area contributed by atoms with Crippen LogP contribution in [0.25, 0.3) is 22.2 Å². The number of ether oxygens (including phenoxy) is 1. The largest absolute Gasteiger partial charge is 0.423 e. The van der Waals surface area contributed by atoms with Gasteiger partial charge in [-0.25, -0.2) is 8.42 Å². The Bertz CT molecular complexity index is 1490. The van der Waals surface area contributed by atoms with Gasteiger partial charge >= 0.3 is 0 Å². The van der Waals surface area contributed by atoms with E-state index in [9.17, 15) is 8.42 Å². The lowest BCUT2D eigenvalue weighted by atomic mass is 10.1. The zero-order chi connectivity index (χ0) is 26.0. The molecular formula is C28H32N4O4S. The van der Waals surface area contributed by atoms with E-state index < -0.39 is 9.84 Å². The van der Waals surface area contributed by atoms with Crippen molar-refractivity contribution < 1.29 is 17.6 Å². The van der Waals surface area contributed by atoms with Crippen molar-refractivity contribution in [3.05, 3.63) is 66.2 Å². The fourth-order valence-corrected chi connectivity index (χ4v) is 5.39. The summed E-state index contributed by atoms with van der Waals surface area (Å²) >= 11 is 0. The number of anilines is 3. The normalized spacial score (nSPS) is 14.8. The number of methoxy groups -OCH3 is 1. The molecule has 0 amide bonds. The van der Waals surface area contributed by atoms with Crippen LogP contribution in [-0.4, -0.2) is 71.0 Å². The predicted molar refractivity (Wildman–Crippen MR) is 148 cm³/mol. The van der Waals surface area contributed by atoms with Crippen molar-refractivity contribution in [2.75, 3.05) is 62.9 Å². The third kappa shape index (κ3) is 5.64. The Labute approximate surface area is 217 Å². The van der Waals surface area contributed by atoms with E-state index in [0.29, 0.717) is 11.6 Å². The molecule has 1 N–H and O–H groups in total. The number of nitrogens with one attached hydrogen (secondary N) is 1. The van der Waals surface area contributed by atoms with Gasteiger partial charge in [0.15, 0.2) is 15.4 Å². The van der Waals surface area contributed by atoms with Crippen molar-refractivity contribution in [3.63, 3.8) is 0 Å². The topological polar surface area (TPSA) is 87.9 Å². The van der Waals surface area contributed by atoms with Gasteiger partial charge in [-0.15, -0.1) is 0 Å². The first kappa shape index (κ1) is 25.3. The first-order chi connectivity index (χ1) is 17.8. The van der Waals surface area contributed by atoms with Crippen molar-refractivity contribution in [3.8, 4) is 11.1 Å². The summed E-state index contributed by atoms with van der Waals surface area (Å²) in [4.78, 5) is 9.78. The van der Waals surface area contributed by atoms with Crippen LogP contribution in [0.3, 0.4) is 0 Å². The van der Waals surface area contributed by atoms with Gasteiger partial charge in [0, 0.05) is 63.0 Å². The molecule has 37 heavy (non-hydrogen) atoms. The Morgan fingerprint density at radius 3 is 2.46 bits per heavy atom. The maximum atomic E-state index is 11.8. The monoisotopic (exact) mass is 520 g/mol. The van der Waals surface area contributed by atoms with Crippen molar-refractivity contribution in [1.29, 1.82) is 0 Å². The number of rotatable bonds is 8. The smallest absolute Gasteiger partial charge is 0.300 e. The lowest BCUT2D eigenvalue weighted by Crippen LogP contribution is -2.47. The SMILES string of the molecule is COCCN1CCN(c2ccc(Nc3nc4cccc(-c5ccc(S(C)(=O)=O)cc5)c4o3)cc2C)CC1. The molecule has 0 radical (unpaired) electrons. The van der Waals surface area contributed by atoms with Crippen LogP contribution in [0.4, 0.5) is 17.4 Å². The minimum absolute atomic E-state index is 0.287. The number of benzene rings is 3. The zero-order valence-corrected chi connectivity index (χ0v) is 22.2. The molecule has 1 aromatic heterocycles. The molecule has 1 aliphatic heterocycles. The number of hydrogen-bond donors (Lipinski definition) is 1. The van der Waals surface area contributed by atoms with Crippen LogP contribution >= 0.6 is 0 Å². The fourth-order valence-electron chi connectivity index (χ4n) is 4.76. The van der Waals surface area contributed by atoms with E-state index in [4.69, 9.17) is 9.15 Å². The summed E-state index contributed by atoms with van der Waals surface area (Å²) in [5, 5.41) is 3.30. The van der Waals surface area contributed by atoms with Gasteiger partial charge in [-0.05, 0) is 54.4 Å². The van der Waals surface area contributed by atoms with Gasteiger partial charge in [-0.1, -0.05) is 24.3 Å². The average Bonchev–Trinajstić information content (AvgIpc) is 3.30. The summed E-state index contributed by atoms with van der Waals surface area (Å²) in [6.45, 7) is 7.93. The lowest BCUT2D eigenvalue weighted by Gasteiger charge is -2.36. The third-order valence-electron chi connectivity index (χ3n) is 6.78. The molecule has 1 saturated heterocycles. The van der Waals surface area contributed by atoms with Crippen molar-refractivity contribution >= 4 is 38.3 Å². The molecule has 0 saturated carbocycles. The summed E-state index contributed by atoms with van der Waals surface area (Å²) in [7, 11) is -1.50. The number of hydrogen-bond acceptors (Lipinski definition) is 8. The Hall–Kier alpha value is -3.40. The fraction of sp³-hybridized carbons (Fsp3) is 0.321. The molecule has 9 heteroatoms. The Morgan fingerprint density at radius 2 is 1.78 bits per heavy atom. The molecule has 0 atom stereocenters. The molecule has 194 valence electrons. The zero-order valence-electron chi connectivity index (χ0n) is 21.4. The summed E-state index contributed by atoms with van der Waals surface area (Å²) in [5.41, 5.74) is 6.44. The average molecular weight is 521 g/mol. The Morgan fingerprint density at radius 1 is 1.03 bits per heavy atom. The molecule has 0 spiro atoms. The van der Waals surface area contributed by atoms with Gasteiger partial charge in [-0.3, -0.25) is 4.90 Å². The molecule has 1 aliphatic rings. The standard InChI is InChI=1S/C28H32N4O4S/c1-20-19-22(9-12-26(20)32-15-13-31(14-16-32)17-18-35-2)29-28-30-25-6-4-5-24(27(25)36-28)21-7-10-23(11-8-21)37(3,33)34/h4-12,19H,13-18H2,1-3H3,(H,29,30). The molecule has 3 aromatic carbocycles.